The van der Waals surface area contributed by atoms with Crippen molar-refractivity contribution >= 4 is 5.91 Å². The number of benzene rings is 2. The number of nitrogens with one attached hydrogen (secondary N) is 1. The second-order valence-electron chi connectivity index (χ2n) is 5.18. The van der Waals surface area contributed by atoms with Gasteiger partial charge in [-0.3, -0.25) is 4.79 Å². The first-order chi connectivity index (χ1) is 10.2. The molecule has 0 radical (unpaired) electrons. The number of hydrogen-bond acceptors (Lipinski definition) is 2. The molecule has 2 rings (SSSR count). The molecule has 0 heterocycles. The summed E-state index contributed by atoms with van der Waals surface area (Å²) in [5.74, 6) is -0.112. The van der Waals surface area contributed by atoms with Crippen LogP contribution in [0.5, 0.6) is 0 Å². The van der Waals surface area contributed by atoms with Gasteiger partial charge in [-0.15, -0.1) is 0 Å². The molecule has 0 aliphatic rings. The van der Waals surface area contributed by atoms with Crippen LogP contribution in [0.15, 0.2) is 60.7 Å². The molecule has 21 heavy (non-hydrogen) atoms. The minimum atomic E-state index is -0.574. The van der Waals surface area contributed by atoms with E-state index < -0.39 is 6.10 Å². The highest BCUT2D eigenvalue weighted by Crippen LogP contribution is 2.19. The van der Waals surface area contributed by atoms with Crippen LogP contribution in [0.2, 0.25) is 0 Å². The second kappa shape index (κ2) is 7.60. The van der Waals surface area contributed by atoms with Crippen molar-refractivity contribution in [1.82, 2.24) is 5.32 Å². The van der Waals surface area contributed by atoms with Gasteiger partial charge in [0.1, 0.15) is 0 Å². The van der Waals surface area contributed by atoms with Crippen LogP contribution in [0.4, 0.5) is 0 Å². The molecule has 0 bridgehead atoms. The molecule has 0 aliphatic heterocycles. The molecule has 3 heteroatoms. The van der Waals surface area contributed by atoms with Crippen molar-refractivity contribution in [1.29, 1.82) is 0 Å². The van der Waals surface area contributed by atoms with Gasteiger partial charge >= 0.3 is 0 Å². The summed E-state index contributed by atoms with van der Waals surface area (Å²) >= 11 is 0. The van der Waals surface area contributed by atoms with Crippen LogP contribution in [0, 0.1) is 0 Å². The van der Waals surface area contributed by atoms with Crippen LogP contribution in [-0.4, -0.2) is 12.0 Å². The first-order valence-electron chi connectivity index (χ1n) is 7.19. The van der Waals surface area contributed by atoms with Crippen molar-refractivity contribution in [3.63, 3.8) is 0 Å². The number of hydrogen-bond donors (Lipinski definition) is 1. The quantitative estimate of drug-likeness (QED) is 0.881. The van der Waals surface area contributed by atoms with Crippen molar-refractivity contribution in [2.24, 2.45) is 0 Å². The normalized spacial score (nSPS) is 12.1. The van der Waals surface area contributed by atoms with Crippen LogP contribution in [-0.2, 0) is 16.1 Å². The summed E-state index contributed by atoms with van der Waals surface area (Å²) in [4.78, 5) is 12.4. The second-order valence-corrected chi connectivity index (χ2v) is 5.18. The molecular weight excluding hydrogens is 262 g/mol. The fourth-order valence-electron chi connectivity index (χ4n) is 2.07. The summed E-state index contributed by atoms with van der Waals surface area (Å²) in [6.45, 7) is 4.37. The molecule has 0 aliphatic carbocycles. The summed E-state index contributed by atoms with van der Waals surface area (Å²) in [5, 5.41) is 2.94. The largest absolute Gasteiger partial charge is 0.361 e. The topological polar surface area (TPSA) is 38.3 Å². The van der Waals surface area contributed by atoms with Crippen molar-refractivity contribution in [2.45, 2.75) is 32.6 Å². The maximum absolute atomic E-state index is 12.4. The van der Waals surface area contributed by atoms with Gasteiger partial charge in [-0.05, 0) is 25.0 Å². The van der Waals surface area contributed by atoms with E-state index in [1.807, 2.05) is 74.5 Å². The van der Waals surface area contributed by atoms with Gasteiger partial charge in [0.05, 0.1) is 6.10 Å². The van der Waals surface area contributed by atoms with E-state index in [9.17, 15) is 4.79 Å². The van der Waals surface area contributed by atoms with Crippen molar-refractivity contribution in [2.75, 3.05) is 0 Å². The van der Waals surface area contributed by atoms with E-state index in [0.717, 1.165) is 11.1 Å². The van der Waals surface area contributed by atoms with Gasteiger partial charge in [0.25, 0.3) is 5.91 Å². The molecule has 0 spiro atoms. The van der Waals surface area contributed by atoms with E-state index in [2.05, 4.69) is 5.32 Å². The Balaban J connectivity index is 2.04. The molecule has 110 valence electrons. The van der Waals surface area contributed by atoms with Gasteiger partial charge in [-0.2, -0.15) is 0 Å². The molecule has 3 nitrogen and oxygen atoms in total. The third kappa shape index (κ3) is 4.72. The maximum atomic E-state index is 12.4. The first-order valence-corrected chi connectivity index (χ1v) is 7.19. The molecular formula is C18H21NO2. The van der Waals surface area contributed by atoms with E-state index >= 15 is 0 Å². The minimum Gasteiger partial charge on any atom is -0.361 e. The van der Waals surface area contributed by atoms with Crippen LogP contribution >= 0.6 is 0 Å². The highest BCUT2D eigenvalue weighted by Gasteiger charge is 2.22. The molecule has 0 saturated heterocycles. The third-order valence-corrected chi connectivity index (χ3v) is 3.06. The van der Waals surface area contributed by atoms with Crippen LogP contribution in [0.1, 0.15) is 31.1 Å². The Kier molecular flexibility index (Phi) is 5.52. The van der Waals surface area contributed by atoms with Crippen LogP contribution in [0.3, 0.4) is 0 Å². The zero-order chi connectivity index (χ0) is 15.1. The molecule has 1 unspecified atom stereocenters. The highest BCUT2D eigenvalue weighted by molar-refractivity contribution is 5.82. The lowest BCUT2D eigenvalue weighted by Crippen LogP contribution is -2.31. The van der Waals surface area contributed by atoms with Gasteiger partial charge in [-0.1, -0.05) is 60.7 Å². The van der Waals surface area contributed by atoms with E-state index in [1.54, 1.807) is 0 Å². The first kappa shape index (κ1) is 15.3. The summed E-state index contributed by atoms with van der Waals surface area (Å²) in [6, 6.07) is 19.4. The third-order valence-electron chi connectivity index (χ3n) is 3.06. The lowest BCUT2D eigenvalue weighted by Gasteiger charge is -2.20. The van der Waals surface area contributed by atoms with E-state index in [-0.39, 0.29) is 12.0 Å². The Morgan fingerprint density at radius 1 is 1.00 bits per heavy atom. The van der Waals surface area contributed by atoms with Gasteiger partial charge in [0.15, 0.2) is 6.10 Å². The van der Waals surface area contributed by atoms with Crippen LogP contribution < -0.4 is 5.32 Å². The van der Waals surface area contributed by atoms with E-state index in [1.165, 1.54) is 0 Å². The Hall–Kier alpha value is -2.13. The SMILES string of the molecule is CC(C)OC(C(=O)NCc1ccccc1)c1ccccc1. The molecule has 0 aromatic heterocycles. The average Bonchev–Trinajstić information content (AvgIpc) is 2.52. The number of ether oxygens (including phenoxy) is 1. The van der Waals surface area contributed by atoms with Crippen molar-refractivity contribution in [3.05, 3.63) is 71.8 Å². The lowest BCUT2D eigenvalue weighted by atomic mass is 10.1. The minimum absolute atomic E-state index is 0.0160. The van der Waals surface area contributed by atoms with Gasteiger partial charge in [-0.25, -0.2) is 0 Å². The van der Waals surface area contributed by atoms with Gasteiger partial charge < -0.3 is 10.1 Å². The van der Waals surface area contributed by atoms with Crippen LogP contribution in [0.25, 0.3) is 0 Å². The number of carbonyl (C=O) groups is 1. The summed E-state index contributed by atoms with van der Waals surface area (Å²) < 4.78 is 5.77. The molecule has 2 aromatic rings. The molecule has 1 amide bonds. The van der Waals surface area contributed by atoms with Crippen molar-refractivity contribution in [3.8, 4) is 0 Å². The lowest BCUT2D eigenvalue weighted by molar-refractivity contribution is -0.136. The van der Waals surface area contributed by atoms with Crippen molar-refractivity contribution < 1.29 is 9.53 Å². The average molecular weight is 283 g/mol. The molecule has 1 N–H and O–H groups in total. The maximum Gasteiger partial charge on any atom is 0.254 e. The fraction of sp³-hybridized carbons (Fsp3) is 0.278. The van der Waals surface area contributed by atoms with E-state index in [0.29, 0.717) is 6.54 Å². The van der Waals surface area contributed by atoms with Gasteiger partial charge in [0, 0.05) is 6.54 Å². The molecule has 0 saturated carbocycles. The zero-order valence-corrected chi connectivity index (χ0v) is 12.5. The molecule has 1 atom stereocenters. The fourth-order valence-corrected chi connectivity index (χ4v) is 2.07. The summed E-state index contributed by atoms with van der Waals surface area (Å²) in [7, 11) is 0. The predicted octanol–water partition coefficient (Wildman–Crippen LogP) is 3.47. The Bertz CT molecular complexity index is 552. The summed E-state index contributed by atoms with van der Waals surface area (Å²) in [5.41, 5.74) is 1.94. The van der Waals surface area contributed by atoms with Gasteiger partial charge in [0.2, 0.25) is 0 Å². The Labute approximate surface area is 126 Å². The number of amides is 1. The smallest absolute Gasteiger partial charge is 0.254 e. The monoisotopic (exact) mass is 283 g/mol. The molecule has 2 aromatic carbocycles. The highest BCUT2D eigenvalue weighted by atomic mass is 16.5. The Morgan fingerprint density at radius 3 is 2.14 bits per heavy atom. The standard InChI is InChI=1S/C18H21NO2/c1-14(2)21-17(16-11-7-4-8-12-16)18(20)19-13-15-9-5-3-6-10-15/h3-12,14,17H,13H2,1-2H3,(H,19,20). The summed E-state index contributed by atoms with van der Waals surface area (Å²) in [6.07, 6.45) is -0.590. The zero-order valence-electron chi connectivity index (χ0n) is 12.5. The Morgan fingerprint density at radius 2 is 1.57 bits per heavy atom. The predicted molar refractivity (Wildman–Crippen MR) is 83.7 cm³/mol. The van der Waals surface area contributed by atoms with E-state index in [4.69, 9.17) is 4.74 Å². The molecule has 0 fully saturated rings. The number of rotatable bonds is 6. The number of carbonyl (C=O) groups excluding carboxylic acids is 1.